The van der Waals surface area contributed by atoms with Crippen LogP contribution in [0.2, 0.25) is 0 Å². The molecule has 1 aromatic heterocycles. The van der Waals surface area contributed by atoms with Crippen LogP contribution in [0.4, 0.5) is 0 Å². The zero-order valence-corrected chi connectivity index (χ0v) is 15.6. The number of rotatable bonds is 3. The highest BCUT2D eigenvalue weighted by atomic mass is 14.7. The van der Waals surface area contributed by atoms with E-state index in [1.807, 2.05) is 24.4 Å². The summed E-state index contributed by atoms with van der Waals surface area (Å²) >= 11 is 0. The van der Waals surface area contributed by atoms with Crippen molar-refractivity contribution in [3.05, 3.63) is 78.5 Å². The molecule has 1 nitrogen and oxygen atoms in total. The van der Waals surface area contributed by atoms with Crippen molar-refractivity contribution in [2.45, 2.75) is 37.4 Å². The Balaban J connectivity index is 1.39. The highest BCUT2D eigenvalue weighted by Gasteiger charge is 2.44. The lowest BCUT2D eigenvalue weighted by Gasteiger charge is -2.51. The Morgan fingerprint density at radius 3 is 2.04 bits per heavy atom. The predicted molar refractivity (Wildman–Crippen MR) is 113 cm³/mol. The van der Waals surface area contributed by atoms with Gasteiger partial charge in [0.2, 0.25) is 0 Å². The van der Waals surface area contributed by atoms with Gasteiger partial charge in [-0.15, -0.1) is 0 Å². The molecule has 3 aromatic rings. The molecule has 2 bridgehead atoms. The second-order valence-corrected chi connectivity index (χ2v) is 8.34. The quantitative estimate of drug-likeness (QED) is 0.529. The van der Waals surface area contributed by atoms with Gasteiger partial charge < -0.3 is 0 Å². The van der Waals surface area contributed by atoms with Crippen molar-refractivity contribution in [3.63, 3.8) is 0 Å². The first-order valence-corrected chi connectivity index (χ1v) is 10.1. The third-order valence-corrected chi connectivity index (χ3v) is 6.79. The Morgan fingerprint density at radius 2 is 1.44 bits per heavy atom. The molecule has 3 aliphatic rings. The van der Waals surface area contributed by atoms with Crippen LogP contribution in [0.25, 0.3) is 22.4 Å². The van der Waals surface area contributed by atoms with Gasteiger partial charge in [0.05, 0.1) is 13.5 Å². The molecular weight excluding hydrogens is 325 g/mol. The molecule has 2 radical (unpaired) electrons. The van der Waals surface area contributed by atoms with Gasteiger partial charge in [0.1, 0.15) is 0 Å². The molecule has 2 aromatic carbocycles. The average molecular weight is 349 g/mol. The molecule has 1 heterocycles. The molecule has 6 rings (SSSR count). The van der Waals surface area contributed by atoms with E-state index in [1.54, 1.807) is 0 Å². The lowest BCUT2D eigenvalue weighted by molar-refractivity contribution is 0.118. The summed E-state index contributed by atoms with van der Waals surface area (Å²) in [7, 11) is 6.93. The zero-order valence-electron chi connectivity index (χ0n) is 15.6. The first-order chi connectivity index (χ1) is 13.2. The third-order valence-electron chi connectivity index (χ3n) is 6.79. The van der Waals surface area contributed by atoms with Gasteiger partial charge in [0, 0.05) is 17.3 Å². The largest absolute Gasteiger partial charge is 0.256 e. The Morgan fingerprint density at radius 1 is 0.741 bits per heavy atom. The summed E-state index contributed by atoms with van der Waals surface area (Å²) in [6.45, 7) is 0. The first kappa shape index (κ1) is 16.8. The van der Waals surface area contributed by atoms with Gasteiger partial charge in [-0.25, -0.2) is 0 Å². The van der Waals surface area contributed by atoms with Crippen LogP contribution in [0.3, 0.4) is 0 Å². The highest BCUT2D eigenvalue weighted by Crippen LogP contribution is 2.52. The molecule has 3 fully saturated rings. The molecular formula is C25H24BN. The van der Waals surface area contributed by atoms with Gasteiger partial charge in [0.15, 0.2) is 0 Å². The minimum atomic E-state index is -0.116. The van der Waals surface area contributed by atoms with Crippen molar-refractivity contribution in [1.29, 1.82) is 0 Å². The minimum Gasteiger partial charge on any atom is -0.256 e. The fourth-order valence-electron chi connectivity index (χ4n) is 5.20. The molecule has 132 valence electrons. The fraction of sp³-hybridized carbons (Fsp3) is 0.320. The van der Waals surface area contributed by atoms with Crippen molar-refractivity contribution < 1.29 is 0 Å². The van der Waals surface area contributed by atoms with E-state index in [0.717, 1.165) is 29.2 Å². The molecule has 0 amide bonds. The number of hydrogen-bond acceptors (Lipinski definition) is 1. The number of pyridine rings is 1. The maximum Gasteiger partial charge on any atom is 0.0814 e. The number of fused-ring (bicyclic) bond motifs is 3. The molecule has 0 saturated heterocycles. The van der Waals surface area contributed by atoms with Gasteiger partial charge in [-0.1, -0.05) is 91.9 Å². The standard InChI is InChI=1S/C25H24BN/c26-25(16-18-6-11-22(25)12-7-18)23-13-8-19(9-14-23)21-10-15-24(27-17-21)20-4-2-1-3-5-20/h1-5,8-10,13-15,17-18,22H,6-7,11-12,16H2. The number of aromatic nitrogens is 1. The van der Waals surface area contributed by atoms with Crippen LogP contribution in [0.1, 0.15) is 37.7 Å². The van der Waals surface area contributed by atoms with E-state index in [0.29, 0.717) is 5.92 Å². The normalized spacial score (nSPS) is 26.8. The minimum absolute atomic E-state index is 0.116. The maximum atomic E-state index is 6.93. The van der Waals surface area contributed by atoms with Crippen LogP contribution in [-0.2, 0) is 5.31 Å². The molecule has 0 aliphatic heterocycles. The second-order valence-electron chi connectivity index (χ2n) is 8.34. The smallest absolute Gasteiger partial charge is 0.0814 e. The molecule has 2 heteroatoms. The van der Waals surface area contributed by atoms with E-state index in [4.69, 9.17) is 7.85 Å². The molecule has 3 aliphatic carbocycles. The van der Waals surface area contributed by atoms with Gasteiger partial charge in [-0.2, -0.15) is 0 Å². The molecule has 1 unspecified atom stereocenters. The summed E-state index contributed by atoms with van der Waals surface area (Å²) < 4.78 is 0. The lowest BCUT2D eigenvalue weighted by Crippen LogP contribution is -2.45. The number of nitrogens with zero attached hydrogens (tertiary/aromatic N) is 1. The van der Waals surface area contributed by atoms with Crippen LogP contribution >= 0.6 is 0 Å². The monoisotopic (exact) mass is 349 g/mol. The van der Waals surface area contributed by atoms with Crippen molar-refractivity contribution in [2.75, 3.05) is 0 Å². The van der Waals surface area contributed by atoms with Gasteiger partial charge in [-0.05, 0) is 35.2 Å². The van der Waals surface area contributed by atoms with Gasteiger partial charge in [0.25, 0.3) is 0 Å². The van der Waals surface area contributed by atoms with Gasteiger partial charge in [-0.3, -0.25) is 4.98 Å². The topological polar surface area (TPSA) is 12.9 Å². The van der Waals surface area contributed by atoms with Crippen LogP contribution in [0.5, 0.6) is 0 Å². The average Bonchev–Trinajstić information content (AvgIpc) is 2.75. The summed E-state index contributed by atoms with van der Waals surface area (Å²) in [5.74, 6) is 1.48. The van der Waals surface area contributed by atoms with Crippen LogP contribution in [-0.4, -0.2) is 12.8 Å². The predicted octanol–water partition coefficient (Wildman–Crippen LogP) is 5.99. The van der Waals surface area contributed by atoms with Crippen LogP contribution < -0.4 is 0 Å². The van der Waals surface area contributed by atoms with Crippen LogP contribution in [0, 0.1) is 11.8 Å². The summed E-state index contributed by atoms with van der Waals surface area (Å²) in [6, 6.07) is 23.5. The maximum absolute atomic E-state index is 6.93. The number of benzene rings is 2. The molecule has 1 atom stereocenters. The number of hydrogen-bond donors (Lipinski definition) is 0. The Labute approximate surface area is 163 Å². The summed E-state index contributed by atoms with van der Waals surface area (Å²) in [4.78, 5) is 4.66. The van der Waals surface area contributed by atoms with E-state index in [9.17, 15) is 0 Å². The van der Waals surface area contributed by atoms with Crippen LogP contribution in [0.15, 0.2) is 72.9 Å². The van der Waals surface area contributed by atoms with E-state index in [2.05, 4.69) is 53.5 Å². The Kier molecular flexibility index (Phi) is 4.15. The third kappa shape index (κ3) is 3.02. The van der Waals surface area contributed by atoms with Crippen molar-refractivity contribution in [3.8, 4) is 22.4 Å². The highest BCUT2D eigenvalue weighted by molar-refractivity contribution is 6.16. The molecule has 0 N–H and O–H groups in total. The van der Waals surface area contributed by atoms with Crippen molar-refractivity contribution >= 4 is 7.85 Å². The Bertz CT molecular complexity index is 909. The summed E-state index contributed by atoms with van der Waals surface area (Å²) in [5, 5.41) is -0.116. The molecule has 0 spiro atoms. The van der Waals surface area contributed by atoms with Crippen molar-refractivity contribution in [1.82, 2.24) is 4.98 Å². The van der Waals surface area contributed by atoms with E-state index < -0.39 is 0 Å². The second kappa shape index (κ2) is 6.67. The van der Waals surface area contributed by atoms with E-state index >= 15 is 0 Å². The molecule has 27 heavy (non-hydrogen) atoms. The SMILES string of the molecule is [B]C1(c2ccc(-c3ccc(-c4ccccc4)nc3)cc2)CC2CCC1CC2. The fourth-order valence-corrected chi connectivity index (χ4v) is 5.20. The summed E-state index contributed by atoms with van der Waals surface area (Å²) in [6.07, 6.45) is 8.48. The van der Waals surface area contributed by atoms with E-state index in [1.165, 1.54) is 36.8 Å². The Hall–Kier alpha value is -2.35. The molecule has 3 saturated carbocycles. The lowest BCUT2D eigenvalue weighted by atomic mass is 9.45. The zero-order chi connectivity index (χ0) is 18.3. The van der Waals surface area contributed by atoms with E-state index in [-0.39, 0.29) is 5.31 Å². The first-order valence-electron chi connectivity index (χ1n) is 10.1. The van der Waals surface area contributed by atoms with Gasteiger partial charge >= 0.3 is 0 Å². The van der Waals surface area contributed by atoms with Crippen molar-refractivity contribution in [2.24, 2.45) is 11.8 Å². The summed E-state index contributed by atoms with van der Waals surface area (Å²) in [5.41, 5.74) is 5.83.